The first-order valence-corrected chi connectivity index (χ1v) is 11.8. The number of aliphatic imine (C=N–C) groups is 1. The molecule has 0 saturated carbocycles. The number of hydrogen-bond donors (Lipinski definition) is 2. The quantitative estimate of drug-likeness (QED) is 0.234. The SMILES string of the molecule is CCNC(=NCC(C)(C)Sc1ccc(Br)cc1)NC1CCS(=O)(=O)C1.I. The number of nitrogens with zero attached hydrogens (tertiary/aromatic N) is 1. The summed E-state index contributed by atoms with van der Waals surface area (Å²) in [6, 6.07) is 8.20. The second-order valence-electron chi connectivity index (χ2n) is 6.76. The van der Waals surface area contributed by atoms with Gasteiger partial charge in [0.1, 0.15) is 0 Å². The molecule has 0 amide bonds. The van der Waals surface area contributed by atoms with E-state index in [1.807, 2.05) is 19.1 Å². The maximum Gasteiger partial charge on any atom is 0.191 e. The third-order valence-electron chi connectivity index (χ3n) is 3.74. The molecule has 1 heterocycles. The van der Waals surface area contributed by atoms with Gasteiger partial charge in [-0.1, -0.05) is 15.9 Å². The summed E-state index contributed by atoms with van der Waals surface area (Å²) in [6.07, 6.45) is 0.643. The van der Waals surface area contributed by atoms with Gasteiger partial charge in [-0.25, -0.2) is 8.42 Å². The molecule has 26 heavy (non-hydrogen) atoms. The lowest BCUT2D eigenvalue weighted by Crippen LogP contribution is -2.44. The van der Waals surface area contributed by atoms with Crippen LogP contribution in [0.1, 0.15) is 27.2 Å². The van der Waals surface area contributed by atoms with E-state index >= 15 is 0 Å². The van der Waals surface area contributed by atoms with E-state index in [0.29, 0.717) is 18.9 Å². The number of sulfone groups is 1. The smallest absolute Gasteiger partial charge is 0.191 e. The fourth-order valence-corrected chi connectivity index (χ4v) is 5.52. The second-order valence-corrected chi connectivity index (χ2v) is 11.7. The molecule has 1 saturated heterocycles. The molecule has 0 bridgehead atoms. The van der Waals surface area contributed by atoms with Crippen molar-refractivity contribution in [1.82, 2.24) is 10.6 Å². The standard InChI is InChI=1S/C17H26BrN3O2S2.HI/c1-4-19-16(21-14-9-10-25(22,23)11-14)20-12-17(2,3)24-15-7-5-13(18)6-8-15;/h5-8,14H,4,9-12H2,1-3H3,(H2,19,20,21);1H. The Hall–Kier alpha value is -0.000000000000000222. The lowest BCUT2D eigenvalue weighted by Gasteiger charge is -2.23. The van der Waals surface area contributed by atoms with Gasteiger partial charge in [-0.05, 0) is 51.5 Å². The number of guanidine groups is 1. The van der Waals surface area contributed by atoms with Crippen LogP contribution in [0.2, 0.25) is 0 Å². The predicted molar refractivity (Wildman–Crippen MR) is 126 cm³/mol. The Morgan fingerprint density at radius 2 is 2.00 bits per heavy atom. The van der Waals surface area contributed by atoms with E-state index in [1.54, 1.807) is 11.8 Å². The first kappa shape index (κ1) is 24.0. The van der Waals surface area contributed by atoms with Crippen molar-refractivity contribution in [2.45, 2.75) is 42.9 Å². The van der Waals surface area contributed by atoms with Crippen molar-refractivity contribution in [2.75, 3.05) is 24.6 Å². The number of benzene rings is 1. The summed E-state index contributed by atoms with van der Waals surface area (Å²) in [7, 11) is -2.90. The van der Waals surface area contributed by atoms with Crippen LogP contribution in [0.5, 0.6) is 0 Å². The van der Waals surface area contributed by atoms with Crippen LogP contribution in [-0.4, -0.2) is 49.8 Å². The molecule has 1 aliphatic rings. The summed E-state index contributed by atoms with van der Waals surface area (Å²) < 4.78 is 24.2. The Bertz CT molecular complexity index is 709. The average molecular weight is 576 g/mol. The Balaban J connectivity index is 0.00000338. The molecule has 1 aliphatic heterocycles. The van der Waals surface area contributed by atoms with E-state index in [1.165, 1.54) is 4.90 Å². The first-order chi connectivity index (χ1) is 11.7. The number of nitrogens with one attached hydrogen (secondary N) is 2. The highest BCUT2D eigenvalue weighted by molar-refractivity contribution is 14.0. The van der Waals surface area contributed by atoms with Gasteiger partial charge in [0.05, 0.1) is 18.1 Å². The van der Waals surface area contributed by atoms with Crippen molar-refractivity contribution in [2.24, 2.45) is 4.99 Å². The van der Waals surface area contributed by atoms with Crippen molar-refractivity contribution in [3.63, 3.8) is 0 Å². The molecule has 2 rings (SSSR count). The summed E-state index contributed by atoms with van der Waals surface area (Å²) in [5.41, 5.74) is 0. The van der Waals surface area contributed by atoms with Gasteiger partial charge < -0.3 is 10.6 Å². The fourth-order valence-electron chi connectivity index (χ4n) is 2.55. The van der Waals surface area contributed by atoms with Crippen LogP contribution in [0.4, 0.5) is 0 Å². The largest absolute Gasteiger partial charge is 0.357 e. The number of halogens is 2. The zero-order valence-corrected chi connectivity index (χ0v) is 20.8. The third kappa shape index (κ3) is 8.35. The maximum absolute atomic E-state index is 11.6. The summed E-state index contributed by atoms with van der Waals surface area (Å²) in [5, 5.41) is 6.47. The van der Waals surface area contributed by atoms with E-state index in [9.17, 15) is 8.42 Å². The molecular weight excluding hydrogens is 549 g/mol. The Kier molecular flexibility index (Phi) is 9.73. The highest BCUT2D eigenvalue weighted by atomic mass is 127. The monoisotopic (exact) mass is 575 g/mol. The average Bonchev–Trinajstić information content (AvgIpc) is 2.86. The molecular formula is C17H27BrIN3O2S2. The summed E-state index contributed by atoms with van der Waals surface area (Å²) in [4.78, 5) is 5.88. The lowest BCUT2D eigenvalue weighted by molar-refractivity contribution is 0.599. The Morgan fingerprint density at radius 3 is 2.54 bits per heavy atom. The minimum atomic E-state index is -2.90. The number of rotatable bonds is 6. The van der Waals surface area contributed by atoms with Gasteiger partial charge in [0.25, 0.3) is 0 Å². The highest BCUT2D eigenvalue weighted by Crippen LogP contribution is 2.33. The first-order valence-electron chi connectivity index (χ1n) is 8.39. The van der Waals surface area contributed by atoms with Crippen molar-refractivity contribution < 1.29 is 8.42 Å². The van der Waals surface area contributed by atoms with E-state index < -0.39 is 9.84 Å². The molecule has 5 nitrogen and oxygen atoms in total. The van der Waals surface area contributed by atoms with Gasteiger partial charge in [0.15, 0.2) is 15.8 Å². The lowest BCUT2D eigenvalue weighted by atomic mass is 10.2. The van der Waals surface area contributed by atoms with E-state index in [-0.39, 0.29) is 46.3 Å². The fraction of sp³-hybridized carbons (Fsp3) is 0.588. The molecule has 0 aromatic heterocycles. The van der Waals surface area contributed by atoms with Crippen molar-refractivity contribution >= 4 is 67.5 Å². The van der Waals surface area contributed by atoms with E-state index in [2.05, 4.69) is 57.5 Å². The van der Waals surface area contributed by atoms with Crippen LogP contribution in [0, 0.1) is 0 Å². The van der Waals surface area contributed by atoms with Crippen molar-refractivity contribution in [3.8, 4) is 0 Å². The molecule has 148 valence electrons. The van der Waals surface area contributed by atoms with Crippen LogP contribution in [-0.2, 0) is 9.84 Å². The molecule has 0 aliphatic carbocycles. The summed E-state index contributed by atoms with van der Waals surface area (Å²) in [5.74, 6) is 1.14. The molecule has 1 aromatic rings. The van der Waals surface area contributed by atoms with Gasteiger partial charge in [-0.15, -0.1) is 35.7 Å². The van der Waals surface area contributed by atoms with Crippen LogP contribution < -0.4 is 10.6 Å². The zero-order valence-electron chi connectivity index (χ0n) is 15.3. The third-order valence-corrected chi connectivity index (χ3v) is 7.23. The van der Waals surface area contributed by atoms with Crippen molar-refractivity contribution in [3.05, 3.63) is 28.7 Å². The molecule has 1 atom stereocenters. The zero-order chi connectivity index (χ0) is 18.5. The topological polar surface area (TPSA) is 70.6 Å². The van der Waals surface area contributed by atoms with Gasteiger partial charge in [0, 0.05) is 26.7 Å². The normalized spacial score (nSPS) is 19.7. The van der Waals surface area contributed by atoms with Gasteiger partial charge >= 0.3 is 0 Å². The molecule has 2 N–H and O–H groups in total. The Morgan fingerprint density at radius 1 is 1.35 bits per heavy atom. The maximum atomic E-state index is 11.6. The molecule has 1 aromatic carbocycles. The highest BCUT2D eigenvalue weighted by Gasteiger charge is 2.28. The minimum Gasteiger partial charge on any atom is -0.357 e. The molecule has 0 spiro atoms. The molecule has 0 radical (unpaired) electrons. The van der Waals surface area contributed by atoms with Gasteiger partial charge in [-0.2, -0.15) is 0 Å². The van der Waals surface area contributed by atoms with Gasteiger partial charge in [0.2, 0.25) is 0 Å². The summed E-state index contributed by atoms with van der Waals surface area (Å²) in [6.45, 7) is 7.69. The second kappa shape index (κ2) is 10.5. The van der Waals surface area contributed by atoms with E-state index in [4.69, 9.17) is 0 Å². The predicted octanol–water partition coefficient (Wildman–Crippen LogP) is 3.68. The number of thioether (sulfide) groups is 1. The summed E-state index contributed by atoms with van der Waals surface area (Å²) >= 11 is 5.23. The molecule has 9 heteroatoms. The molecule has 1 unspecified atom stereocenters. The van der Waals surface area contributed by atoms with Crippen LogP contribution in [0.3, 0.4) is 0 Å². The van der Waals surface area contributed by atoms with E-state index in [0.717, 1.165) is 11.0 Å². The number of hydrogen-bond acceptors (Lipinski definition) is 4. The van der Waals surface area contributed by atoms with Crippen LogP contribution >= 0.6 is 51.7 Å². The van der Waals surface area contributed by atoms with Crippen molar-refractivity contribution in [1.29, 1.82) is 0 Å². The molecule has 1 fully saturated rings. The Labute approximate surface area is 186 Å². The minimum absolute atomic E-state index is 0. The van der Waals surface area contributed by atoms with Crippen LogP contribution in [0.15, 0.2) is 38.6 Å². The van der Waals surface area contributed by atoms with Gasteiger partial charge in [-0.3, -0.25) is 4.99 Å². The van der Waals surface area contributed by atoms with Crippen LogP contribution in [0.25, 0.3) is 0 Å².